The Labute approximate surface area is 240 Å². The molecule has 224 valence electrons. The molecular weight excluding hydrogens is 595 g/mol. The van der Waals surface area contributed by atoms with Crippen LogP contribution in [0.25, 0.3) is 22.2 Å². The van der Waals surface area contributed by atoms with Crippen LogP contribution >= 0.6 is 7.82 Å². The number of rotatable bonds is 8. The number of hydrogen-bond donors (Lipinski definition) is 1. The monoisotopic (exact) mass is 623 g/mol. The van der Waals surface area contributed by atoms with Crippen LogP contribution in [0.2, 0.25) is 0 Å². The largest absolute Gasteiger partial charge is 0.480 e. The van der Waals surface area contributed by atoms with Crippen molar-refractivity contribution in [3.05, 3.63) is 66.5 Å². The Balaban J connectivity index is 0.000000201. The fraction of sp³-hybridized carbons (Fsp3) is 0.346. The summed E-state index contributed by atoms with van der Waals surface area (Å²) in [5.41, 5.74) is 4.23. The molecule has 2 aliphatic heterocycles. The van der Waals surface area contributed by atoms with E-state index in [2.05, 4.69) is 35.0 Å². The van der Waals surface area contributed by atoms with Gasteiger partial charge in [-0.1, -0.05) is 12.1 Å². The lowest BCUT2D eigenvalue weighted by Crippen LogP contribution is -2.39. The van der Waals surface area contributed by atoms with Gasteiger partial charge in [0.25, 0.3) is 0 Å². The molecule has 4 heterocycles. The maximum Gasteiger partial charge on any atom is 0.480 e. The first-order valence-electron chi connectivity index (χ1n) is 12.9. The number of anilines is 1. The van der Waals surface area contributed by atoms with Crippen molar-refractivity contribution in [1.29, 1.82) is 0 Å². The third kappa shape index (κ3) is 6.76. The van der Waals surface area contributed by atoms with Gasteiger partial charge in [0.2, 0.25) is 15.8 Å². The normalized spacial score (nSPS) is 21.4. The number of aromatic nitrogens is 4. The van der Waals surface area contributed by atoms with Gasteiger partial charge in [-0.25, -0.2) is 37.0 Å². The molecule has 0 bridgehead atoms. The second kappa shape index (κ2) is 11.7. The zero-order valence-corrected chi connectivity index (χ0v) is 24.6. The standard InChI is InChI=1S/C18H19N4O4P.C8H9F2NO3S/c1-3-24-27(23)25-18(2,26-27)17-19-10-13(11-20-17)12-6-7-14-15(9-12)22-8-4-5-16(22)21-14;1-15(12,13)11-6-3-2-4-7(5-6)14-8(9)10/h6-7,9-11H,3-5,8H2,1-2H3;2-5,8,11H,1H3. The quantitative estimate of drug-likeness (QED) is 0.251. The topological polar surface area (TPSA) is 144 Å². The number of nitrogens with zero attached hydrogens (tertiary/aromatic N) is 4. The van der Waals surface area contributed by atoms with Gasteiger partial charge in [0, 0.05) is 37.0 Å². The Morgan fingerprint density at radius 1 is 1.14 bits per heavy atom. The lowest BCUT2D eigenvalue weighted by Gasteiger charge is -2.40. The highest BCUT2D eigenvalue weighted by Gasteiger charge is 2.57. The summed E-state index contributed by atoms with van der Waals surface area (Å²) in [6.45, 7) is 1.67. The van der Waals surface area contributed by atoms with E-state index < -0.39 is 30.2 Å². The Morgan fingerprint density at radius 3 is 2.55 bits per heavy atom. The average molecular weight is 624 g/mol. The molecule has 2 aromatic heterocycles. The molecule has 1 N–H and O–H groups in total. The molecule has 0 amide bonds. The van der Waals surface area contributed by atoms with Gasteiger partial charge in [0.05, 0.1) is 29.6 Å². The maximum absolute atomic E-state index is 12.0. The molecule has 42 heavy (non-hydrogen) atoms. The number of aryl methyl sites for hydroxylation is 2. The number of hydrogen-bond acceptors (Lipinski definition) is 10. The predicted molar refractivity (Wildman–Crippen MR) is 149 cm³/mol. The van der Waals surface area contributed by atoms with Crippen LogP contribution in [0.3, 0.4) is 0 Å². The van der Waals surface area contributed by atoms with E-state index in [1.54, 1.807) is 26.2 Å². The Bertz CT molecular complexity index is 1740. The van der Waals surface area contributed by atoms with Gasteiger partial charge in [-0.05, 0) is 50.1 Å². The van der Waals surface area contributed by atoms with Crippen LogP contribution in [0.5, 0.6) is 5.75 Å². The smallest absolute Gasteiger partial charge is 0.435 e. The number of phosphoric acid groups is 1. The van der Waals surface area contributed by atoms with Gasteiger partial charge in [-0.3, -0.25) is 9.25 Å². The maximum atomic E-state index is 12.0. The van der Waals surface area contributed by atoms with E-state index in [9.17, 15) is 21.8 Å². The minimum Gasteiger partial charge on any atom is -0.435 e. The number of ether oxygens (including phenoxy) is 1. The number of benzene rings is 2. The Hall–Kier alpha value is -3.49. The van der Waals surface area contributed by atoms with Crippen molar-refractivity contribution in [3.63, 3.8) is 0 Å². The second-order valence-corrected chi connectivity index (χ2v) is 12.8. The van der Waals surface area contributed by atoms with Crippen LogP contribution < -0.4 is 9.46 Å². The van der Waals surface area contributed by atoms with Crippen LogP contribution in [0, 0.1) is 0 Å². The molecule has 4 aromatic rings. The molecule has 0 radical (unpaired) electrons. The molecule has 0 unspecified atom stereocenters. The zero-order chi connectivity index (χ0) is 30.1. The van der Waals surface area contributed by atoms with Crippen molar-refractivity contribution >= 4 is 34.6 Å². The van der Waals surface area contributed by atoms with Gasteiger partial charge in [0.1, 0.15) is 11.6 Å². The number of halogens is 2. The van der Waals surface area contributed by atoms with E-state index in [1.165, 1.54) is 24.3 Å². The van der Waals surface area contributed by atoms with Crippen LogP contribution in [-0.4, -0.2) is 47.4 Å². The zero-order valence-electron chi connectivity index (χ0n) is 22.9. The fourth-order valence-corrected chi connectivity index (χ4v) is 6.58. The molecule has 12 nitrogen and oxygen atoms in total. The molecular formula is C26H28F2N5O7PS. The van der Waals surface area contributed by atoms with Gasteiger partial charge in [-0.2, -0.15) is 8.78 Å². The number of fused-ring (bicyclic) bond motifs is 3. The van der Waals surface area contributed by atoms with Gasteiger partial charge >= 0.3 is 14.4 Å². The number of alkyl halides is 2. The highest BCUT2D eigenvalue weighted by molar-refractivity contribution is 7.92. The van der Waals surface area contributed by atoms with Crippen molar-refractivity contribution in [2.75, 3.05) is 17.6 Å². The van der Waals surface area contributed by atoms with Crippen molar-refractivity contribution in [2.45, 2.75) is 45.6 Å². The third-order valence-corrected chi connectivity index (χ3v) is 8.55. The van der Waals surface area contributed by atoms with Gasteiger partial charge in [-0.15, -0.1) is 0 Å². The number of phosphoric ester groups is 1. The second-order valence-electron chi connectivity index (χ2n) is 9.56. The number of sulfonamides is 1. The number of nitrogens with one attached hydrogen (secondary N) is 1. The summed E-state index contributed by atoms with van der Waals surface area (Å²) in [5.74, 6) is 0.112. The lowest BCUT2D eigenvalue weighted by molar-refractivity contribution is -0.222. The molecule has 2 aliphatic rings. The molecule has 1 fully saturated rings. The highest BCUT2D eigenvalue weighted by Crippen LogP contribution is 2.67. The van der Waals surface area contributed by atoms with E-state index >= 15 is 0 Å². The van der Waals surface area contributed by atoms with Gasteiger partial charge in [0.15, 0.2) is 5.82 Å². The van der Waals surface area contributed by atoms with Crippen LogP contribution in [0.15, 0.2) is 54.9 Å². The molecule has 16 heteroatoms. The van der Waals surface area contributed by atoms with Crippen molar-refractivity contribution in [3.8, 4) is 16.9 Å². The number of imidazole rings is 1. The molecule has 2 aromatic carbocycles. The van der Waals surface area contributed by atoms with Crippen LogP contribution in [0.1, 0.15) is 31.9 Å². The summed E-state index contributed by atoms with van der Waals surface area (Å²) in [5, 5.41) is 0. The first kappa shape index (κ1) is 30.0. The minimum absolute atomic E-state index is 0.0985. The first-order chi connectivity index (χ1) is 19.9. The van der Waals surface area contributed by atoms with Crippen LogP contribution in [0.4, 0.5) is 14.5 Å². The van der Waals surface area contributed by atoms with Crippen molar-refractivity contribution < 1.29 is 40.1 Å². The van der Waals surface area contributed by atoms with E-state index in [-0.39, 0.29) is 18.0 Å². The molecule has 0 spiro atoms. The Kier molecular flexibility index (Phi) is 8.32. The summed E-state index contributed by atoms with van der Waals surface area (Å²) in [4.78, 5) is 13.4. The molecule has 0 atom stereocenters. The van der Waals surface area contributed by atoms with Crippen molar-refractivity contribution in [2.24, 2.45) is 0 Å². The minimum atomic E-state index is -3.47. The lowest BCUT2D eigenvalue weighted by atomic mass is 10.1. The summed E-state index contributed by atoms with van der Waals surface area (Å²) < 4.78 is 81.6. The molecule has 6 rings (SSSR count). The van der Waals surface area contributed by atoms with Crippen molar-refractivity contribution in [1.82, 2.24) is 19.5 Å². The highest BCUT2D eigenvalue weighted by atomic mass is 32.2. The Morgan fingerprint density at radius 2 is 1.88 bits per heavy atom. The van der Waals surface area contributed by atoms with E-state index in [4.69, 9.17) is 13.6 Å². The molecule has 0 aliphatic carbocycles. The van der Waals surface area contributed by atoms with E-state index in [0.29, 0.717) is 5.82 Å². The van der Waals surface area contributed by atoms with Crippen LogP contribution in [-0.2, 0) is 46.9 Å². The third-order valence-electron chi connectivity index (χ3n) is 6.22. The van der Waals surface area contributed by atoms with E-state index in [0.717, 1.165) is 53.6 Å². The van der Waals surface area contributed by atoms with E-state index in [1.807, 2.05) is 12.1 Å². The first-order valence-corrected chi connectivity index (χ1v) is 16.2. The molecule has 1 saturated heterocycles. The predicted octanol–water partition coefficient (Wildman–Crippen LogP) is 5.46. The molecule has 0 saturated carbocycles. The summed E-state index contributed by atoms with van der Waals surface area (Å²) in [7, 11) is -6.88. The fourth-order valence-electron chi connectivity index (χ4n) is 4.58. The summed E-state index contributed by atoms with van der Waals surface area (Å²) in [6.07, 6.45) is 6.57. The SMILES string of the molecule is CCOP1(=O)OC(C)(c2ncc(-c3ccc4nc5n(c4c3)CCC5)cn2)O1.CS(=O)(=O)Nc1cccc(OC(F)F)c1. The average Bonchev–Trinajstić information content (AvgIpc) is 3.49. The van der Waals surface area contributed by atoms with Gasteiger partial charge < -0.3 is 9.30 Å². The summed E-state index contributed by atoms with van der Waals surface area (Å²) >= 11 is 0. The summed E-state index contributed by atoms with van der Waals surface area (Å²) in [6, 6.07) is 11.5.